The molecule has 0 amide bonds. The van der Waals surface area contributed by atoms with Crippen molar-refractivity contribution in [2.45, 2.75) is 58.2 Å². The highest BCUT2D eigenvalue weighted by atomic mass is 28.3. The van der Waals surface area contributed by atoms with E-state index in [1.54, 1.807) is 6.04 Å². The van der Waals surface area contributed by atoms with E-state index in [1.165, 1.54) is 31.7 Å². The fraction of sp³-hybridized carbons (Fsp3) is 1.00. The van der Waals surface area contributed by atoms with Gasteiger partial charge in [0.05, 0.1) is 0 Å². The maximum absolute atomic E-state index is 2.49. The zero-order valence-electron chi connectivity index (χ0n) is 7.82. The van der Waals surface area contributed by atoms with Crippen LogP contribution in [-0.4, -0.2) is 8.80 Å². The zero-order chi connectivity index (χ0) is 7.82. The van der Waals surface area contributed by atoms with Crippen LogP contribution in [0.15, 0.2) is 0 Å². The van der Waals surface area contributed by atoms with Crippen LogP contribution in [0, 0.1) is 0 Å². The first-order valence-electron chi connectivity index (χ1n) is 4.81. The SMILES string of the molecule is CCCCCC[SiH](C)CC. The molecule has 0 spiro atoms. The minimum Gasteiger partial charge on any atom is -0.0720 e. The topological polar surface area (TPSA) is 0 Å². The molecule has 1 heteroatoms. The zero-order valence-corrected chi connectivity index (χ0v) is 8.97. The molecule has 0 nitrogen and oxygen atoms in total. The van der Waals surface area contributed by atoms with Crippen LogP contribution < -0.4 is 0 Å². The first kappa shape index (κ1) is 10.2. The van der Waals surface area contributed by atoms with Crippen LogP contribution in [0.2, 0.25) is 18.6 Å². The van der Waals surface area contributed by atoms with Gasteiger partial charge >= 0.3 is 0 Å². The maximum Gasteiger partial charge on any atom is 0.0334 e. The predicted molar refractivity (Wildman–Crippen MR) is 52.4 cm³/mol. The van der Waals surface area contributed by atoms with Gasteiger partial charge in [-0.3, -0.25) is 0 Å². The van der Waals surface area contributed by atoms with Gasteiger partial charge in [0.15, 0.2) is 0 Å². The van der Waals surface area contributed by atoms with E-state index in [9.17, 15) is 0 Å². The average Bonchev–Trinajstić information content (AvgIpc) is 1.98. The second-order valence-electron chi connectivity index (χ2n) is 3.36. The Kier molecular flexibility index (Phi) is 7.48. The Labute approximate surface area is 67.6 Å². The number of unbranched alkanes of at least 4 members (excludes halogenated alkanes) is 3. The fourth-order valence-electron chi connectivity index (χ4n) is 1.12. The van der Waals surface area contributed by atoms with Gasteiger partial charge in [0.1, 0.15) is 0 Å². The van der Waals surface area contributed by atoms with Crippen molar-refractivity contribution >= 4 is 8.80 Å². The number of hydrogen-bond acceptors (Lipinski definition) is 0. The predicted octanol–water partition coefficient (Wildman–Crippen LogP) is 3.44. The molecule has 0 aromatic carbocycles. The first-order chi connectivity index (χ1) is 4.81. The van der Waals surface area contributed by atoms with E-state index in [1.807, 2.05) is 0 Å². The lowest BCUT2D eigenvalue weighted by Gasteiger charge is -2.04. The molecule has 0 bridgehead atoms. The van der Waals surface area contributed by atoms with E-state index in [4.69, 9.17) is 0 Å². The Hall–Kier alpha value is 0.217. The van der Waals surface area contributed by atoms with Gasteiger partial charge in [-0.1, -0.05) is 58.2 Å². The first-order valence-corrected chi connectivity index (χ1v) is 7.60. The van der Waals surface area contributed by atoms with E-state index in [0.29, 0.717) is 0 Å². The molecule has 0 N–H and O–H groups in total. The Bertz CT molecular complexity index is 61.7. The largest absolute Gasteiger partial charge is 0.0720 e. The summed E-state index contributed by atoms with van der Waals surface area (Å²) < 4.78 is 0. The molecular weight excluding hydrogens is 136 g/mol. The molecule has 0 aliphatic carbocycles. The Morgan fingerprint density at radius 3 is 2.20 bits per heavy atom. The summed E-state index contributed by atoms with van der Waals surface area (Å²) in [6.45, 7) is 7.11. The van der Waals surface area contributed by atoms with Gasteiger partial charge in [-0.25, -0.2) is 0 Å². The average molecular weight is 158 g/mol. The van der Waals surface area contributed by atoms with Crippen molar-refractivity contribution in [3.8, 4) is 0 Å². The van der Waals surface area contributed by atoms with Gasteiger partial charge in [-0.05, 0) is 0 Å². The van der Waals surface area contributed by atoms with Gasteiger partial charge in [0, 0.05) is 8.80 Å². The summed E-state index contributed by atoms with van der Waals surface area (Å²) in [4.78, 5) is 0. The summed E-state index contributed by atoms with van der Waals surface area (Å²) in [6, 6.07) is 3.07. The highest BCUT2D eigenvalue weighted by molar-refractivity contribution is 6.57. The Morgan fingerprint density at radius 1 is 1.00 bits per heavy atom. The molecule has 0 saturated carbocycles. The van der Waals surface area contributed by atoms with Crippen LogP contribution in [0.4, 0.5) is 0 Å². The molecule has 0 heterocycles. The summed E-state index contributed by atoms with van der Waals surface area (Å²) in [5, 5.41) is 0. The van der Waals surface area contributed by atoms with E-state index in [2.05, 4.69) is 20.4 Å². The van der Waals surface area contributed by atoms with Crippen LogP contribution in [0.1, 0.15) is 39.5 Å². The molecule has 0 aliphatic rings. The van der Waals surface area contributed by atoms with Crippen molar-refractivity contribution in [1.29, 1.82) is 0 Å². The Balaban J connectivity index is 2.89. The quantitative estimate of drug-likeness (QED) is 0.410. The number of rotatable bonds is 6. The lowest BCUT2D eigenvalue weighted by atomic mass is 10.2. The van der Waals surface area contributed by atoms with Gasteiger partial charge in [0.2, 0.25) is 0 Å². The second kappa shape index (κ2) is 7.33. The van der Waals surface area contributed by atoms with Crippen molar-refractivity contribution in [1.82, 2.24) is 0 Å². The molecule has 0 saturated heterocycles. The second-order valence-corrected chi connectivity index (χ2v) is 6.97. The van der Waals surface area contributed by atoms with Crippen molar-refractivity contribution in [3.05, 3.63) is 0 Å². The summed E-state index contributed by atoms with van der Waals surface area (Å²) in [7, 11) is -0.224. The molecule has 1 unspecified atom stereocenters. The third-order valence-corrected chi connectivity index (χ3v) is 5.04. The maximum atomic E-state index is 2.49. The lowest BCUT2D eigenvalue weighted by molar-refractivity contribution is 0.698. The molecule has 0 fully saturated rings. The third-order valence-electron chi connectivity index (χ3n) is 2.25. The molecule has 1 atom stereocenters. The van der Waals surface area contributed by atoms with E-state index in [-0.39, 0.29) is 8.80 Å². The number of hydrogen-bond donors (Lipinski definition) is 0. The van der Waals surface area contributed by atoms with Crippen molar-refractivity contribution < 1.29 is 0 Å². The summed E-state index contributed by atoms with van der Waals surface area (Å²) in [6.07, 6.45) is 5.82. The van der Waals surface area contributed by atoms with Crippen molar-refractivity contribution in [2.75, 3.05) is 0 Å². The van der Waals surface area contributed by atoms with Crippen LogP contribution >= 0.6 is 0 Å². The fourth-order valence-corrected chi connectivity index (χ4v) is 2.52. The molecular formula is C9H22Si. The molecule has 0 aliphatic heterocycles. The highest BCUT2D eigenvalue weighted by Gasteiger charge is 1.98. The van der Waals surface area contributed by atoms with E-state index in [0.717, 1.165) is 0 Å². The monoisotopic (exact) mass is 158 g/mol. The molecule has 0 rings (SSSR count). The lowest BCUT2D eigenvalue weighted by Crippen LogP contribution is -2.02. The van der Waals surface area contributed by atoms with Crippen molar-refractivity contribution in [2.24, 2.45) is 0 Å². The van der Waals surface area contributed by atoms with Gasteiger partial charge in [-0.15, -0.1) is 0 Å². The normalized spacial score (nSPS) is 13.5. The minimum atomic E-state index is -0.224. The summed E-state index contributed by atoms with van der Waals surface area (Å²) in [5.74, 6) is 0. The van der Waals surface area contributed by atoms with Gasteiger partial charge in [0.25, 0.3) is 0 Å². The third kappa shape index (κ3) is 6.34. The standard InChI is InChI=1S/C9H22Si/c1-4-6-7-8-9-10(3)5-2/h10H,4-9H2,1-3H3. The van der Waals surface area contributed by atoms with Crippen molar-refractivity contribution in [3.63, 3.8) is 0 Å². The smallest absolute Gasteiger partial charge is 0.0334 e. The van der Waals surface area contributed by atoms with Crippen LogP contribution in [0.3, 0.4) is 0 Å². The van der Waals surface area contributed by atoms with Gasteiger partial charge in [-0.2, -0.15) is 0 Å². The van der Waals surface area contributed by atoms with E-state index < -0.39 is 0 Å². The summed E-state index contributed by atoms with van der Waals surface area (Å²) in [5.41, 5.74) is 0. The van der Waals surface area contributed by atoms with Crippen LogP contribution in [0.25, 0.3) is 0 Å². The van der Waals surface area contributed by atoms with Crippen LogP contribution in [0.5, 0.6) is 0 Å². The Morgan fingerprint density at radius 2 is 1.70 bits per heavy atom. The highest BCUT2D eigenvalue weighted by Crippen LogP contribution is 2.07. The molecule has 0 aromatic rings. The molecule has 10 heavy (non-hydrogen) atoms. The van der Waals surface area contributed by atoms with Crippen LogP contribution in [-0.2, 0) is 0 Å². The molecule has 0 aromatic heterocycles. The molecule has 62 valence electrons. The summed E-state index contributed by atoms with van der Waals surface area (Å²) >= 11 is 0. The van der Waals surface area contributed by atoms with Gasteiger partial charge < -0.3 is 0 Å². The molecule has 0 radical (unpaired) electrons. The van der Waals surface area contributed by atoms with E-state index >= 15 is 0 Å². The minimum absolute atomic E-state index is 0.224.